The van der Waals surface area contributed by atoms with E-state index in [1.807, 2.05) is 12.1 Å². The van der Waals surface area contributed by atoms with Gasteiger partial charge >= 0.3 is 0 Å². The van der Waals surface area contributed by atoms with Gasteiger partial charge in [0.05, 0.1) is 11.6 Å². The SMILES string of the molecule is CCNC(C)c1cccn1Cc1ccc(C#N)cc1Cl. The molecular weight excluding hydrogens is 270 g/mol. The Balaban J connectivity index is 2.23. The average Bonchev–Trinajstić information content (AvgIpc) is 2.89. The maximum absolute atomic E-state index is 8.86. The van der Waals surface area contributed by atoms with Gasteiger partial charge in [-0.2, -0.15) is 5.26 Å². The van der Waals surface area contributed by atoms with Crippen LogP contribution in [0, 0.1) is 11.3 Å². The molecule has 0 spiro atoms. The first-order valence-electron chi connectivity index (χ1n) is 6.72. The zero-order chi connectivity index (χ0) is 14.5. The quantitative estimate of drug-likeness (QED) is 0.910. The van der Waals surface area contributed by atoms with Crippen LogP contribution < -0.4 is 5.32 Å². The predicted octanol–water partition coefficient (Wildman–Crippen LogP) is 3.73. The second kappa shape index (κ2) is 6.60. The third kappa shape index (κ3) is 3.22. The van der Waals surface area contributed by atoms with E-state index in [1.54, 1.807) is 12.1 Å². The lowest BCUT2D eigenvalue weighted by molar-refractivity contribution is 0.553. The fraction of sp³-hybridized carbons (Fsp3) is 0.312. The molecule has 0 aliphatic carbocycles. The Morgan fingerprint density at radius 2 is 2.20 bits per heavy atom. The minimum Gasteiger partial charge on any atom is -0.346 e. The fourth-order valence-corrected chi connectivity index (χ4v) is 2.54. The summed E-state index contributed by atoms with van der Waals surface area (Å²) in [6, 6.07) is 12.0. The van der Waals surface area contributed by atoms with Crippen molar-refractivity contribution in [3.8, 4) is 6.07 Å². The summed E-state index contributed by atoms with van der Waals surface area (Å²) in [6.45, 7) is 5.89. The Hall–Kier alpha value is -1.76. The summed E-state index contributed by atoms with van der Waals surface area (Å²) in [6.07, 6.45) is 2.05. The molecule has 0 saturated carbocycles. The number of nitrogens with zero attached hydrogens (tertiary/aromatic N) is 2. The third-order valence-electron chi connectivity index (χ3n) is 3.34. The van der Waals surface area contributed by atoms with E-state index in [4.69, 9.17) is 16.9 Å². The van der Waals surface area contributed by atoms with Gasteiger partial charge in [-0.05, 0) is 43.3 Å². The van der Waals surface area contributed by atoms with Crippen molar-refractivity contribution >= 4 is 11.6 Å². The Morgan fingerprint density at radius 1 is 1.40 bits per heavy atom. The molecule has 1 aromatic heterocycles. The van der Waals surface area contributed by atoms with Crippen LogP contribution in [-0.2, 0) is 6.54 Å². The first kappa shape index (κ1) is 14.6. The Kier molecular flexibility index (Phi) is 4.84. The maximum Gasteiger partial charge on any atom is 0.0992 e. The van der Waals surface area contributed by atoms with Crippen molar-refractivity contribution in [1.82, 2.24) is 9.88 Å². The van der Waals surface area contributed by atoms with Crippen LogP contribution in [0.4, 0.5) is 0 Å². The van der Waals surface area contributed by atoms with Gasteiger partial charge in [0.1, 0.15) is 0 Å². The summed E-state index contributed by atoms with van der Waals surface area (Å²) in [7, 11) is 0. The molecule has 4 heteroatoms. The molecule has 0 fully saturated rings. The first-order valence-corrected chi connectivity index (χ1v) is 7.10. The normalized spacial score (nSPS) is 12.1. The van der Waals surface area contributed by atoms with E-state index in [-0.39, 0.29) is 0 Å². The monoisotopic (exact) mass is 287 g/mol. The van der Waals surface area contributed by atoms with E-state index in [1.165, 1.54) is 5.69 Å². The summed E-state index contributed by atoms with van der Waals surface area (Å²) in [5.74, 6) is 0. The Morgan fingerprint density at radius 3 is 2.85 bits per heavy atom. The molecule has 3 nitrogen and oxygen atoms in total. The number of aromatic nitrogens is 1. The van der Waals surface area contributed by atoms with E-state index in [9.17, 15) is 0 Å². The number of rotatable bonds is 5. The molecule has 1 aromatic carbocycles. The Bertz CT molecular complexity index is 625. The van der Waals surface area contributed by atoms with E-state index in [2.05, 4.69) is 42.1 Å². The molecule has 1 atom stereocenters. The first-order chi connectivity index (χ1) is 9.65. The van der Waals surface area contributed by atoms with Crippen LogP contribution in [0.3, 0.4) is 0 Å². The molecule has 2 rings (SSSR count). The molecule has 0 aliphatic heterocycles. The van der Waals surface area contributed by atoms with Gasteiger partial charge in [-0.3, -0.25) is 0 Å². The van der Waals surface area contributed by atoms with Crippen molar-refractivity contribution in [2.75, 3.05) is 6.54 Å². The highest BCUT2D eigenvalue weighted by molar-refractivity contribution is 6.31. The standard InChI is InChI=1S/C16H18ClN3/c1-3-19-12(2)16-5-4-8-20(16)11-14-7-6-13(10-18)9-15(14)17/h4-9,12,19H,3,11H2,1-2H3. The molecule has 20 heavy (non-hydrogen) atoms. The van der Waals surface area contributed by atoms with Crippen molar-refractivity contribution in [2.45, 2.75) is 26.4 Å². The van der Waals surface area contributed by atoms with Crippen LogP contribution in [0.1, 0.15) is 36.7 Å². The van der Waals surface area contributed by atoms with Gasteiger partial charge in [0.2, 0.25) is 0 Å². The minimum atomic E-state index is 0.298. The van der Waals surface area contributed by atoms with Crippen molar-refractivity contribution in [3.05, 3.63) is 58.4 Å². The Labute approximate surface area is 124 Å². The highest BCUT2D eigenvalue weighted by atomic mass is 35.5. The lowest BCUT2D eigenvalue weighted by Gasteiger charge is -2.17. The second-order valence-electron chi connectivity index (χ2n) is 4.76. The summed E-state index contributed by atoms with van der Waals surface area (Å²) in [4.78, 5) is 0. The molecule has 0 aliphatic rings. The molecule has 1 heterocycles. The van der Waals surface area contributed by atoms with E-state index in [0.29, 0.717) is 23.2 Å². The van der Waals surface area contributed by atoms with Gasteiger partial charge < -0.3 is 9.88 Å². The van der Waals surface area contributed by atoms with Crippen LogP contribution >= 0.6 is 11.6 Å². The van der Waals surface area contributed by atoms with Crippen LogP contribution in [0.25, 0.3) is 0 Å². The van der Waals surface area contributed by atoms with Crippen molar-refractivity contribution in [2.24, 2.45) is 0 Å². The van der Waals surface area contributed by atoms with Gasteiger partial charge in [0.15, 0.2) is 0 Å². The number of hydrogen-bond acceptors (Lipinski definition) is 2. The van der Waals surface area contributed by atoms with Crippen LogP contribution in [0.15, 0.2) is 36.5 Å². The van der Waals surface area contributed by atoms with Crippen LogP contribution in [-0.4, -0.2) is 11.1 Å². The molecule has 0 radical (unpaired) electrons. The topological polar surface area (TPSA) is 40.8 Å². The fourth-order valence-electron chi connectivity index (χ4n) is 2.30. The van der Waals surface area contributed by atoms with E-state index in [0.717, 1.165) is 12.1 Å². The van der Waals surface area contributed by atoms with Gasteiger partial charge in [0.25, 0.3) is 0 Å². The maximum atomic E-state index is 8.86. The second-order valence-corrected chi connectivity index (χ2v) is 5.17. The molecule has 0 saturated heterocycles. The van der Waals surface area contributed by atoms with Gasteiger partial charge in [-0.1, -0.05) is 24.6 Å². The van der Waals surface area contributed by atoms with Gasteiger partial charge in [0, 0.05) is 29.5 Å². The molecular formula is C16H18ClN3. The van der Waals surface area contributed by atoms with Crippen molar-refractivity contribution < 1.29 is 0 Å². The largest absolute Gasteiger partial charge is 0.346 e. The third-order valence-corrected chi connectivity index (χ3v) is 3.69. The lowest BCUT2D eigenvalue weighted by atomic mass is 10.1. The molecule has 1 unspecified atom stereocenters. The summed E-state index contributed by atoms with van der Waals surface area (Å²) < 4.78 is 2.18. The number of nitriles is 1. The van der Waals surface area contributed by atoms with Gasteiger partial charge in [-0.25, -0.2) is 0 Å². The molecule has 2 aromatic rings. The summed E-state index contributed by atoms with van der Waals surface area (Å²) in [5.41, 5.74) is 2.84. The molecule has 1 N–H and O–H groups in total. The smallest absolute Gasteiger partial charge is 0.0992 e. The van der Waals surface area contributed by atoms with Gasteiger partial charge in [-0.15, -0.1) is 0 Å². The molecule has 0 bridgehead atoms. The average molecular weight is 288 g/mol. The number of halogens is 1. The predicted molar refractivity (Wildman–Crippen MR) is 81.8 cm³/mol. The number of benzene rings is 1. The zero-order valence-electron chi connectivity index (χ0n) is 11.7. The van der Waals surface area contributed by atoms with Crippen LogP contribution in [0.2, 0.25) is 5.02 Å². The highest BCUT2D eigenvalue weighted by Gasteiger charge is 2.10. The minimum absolute atomic E-state index is 0.298. The number of hydrogen-bond donors (Lipinski definition) is 1. The zero-order valence-corrected chi connectivity index (χ0v) is 12.5. The summed E-state index contributed by atoms with van der Waals surface area (Å²) in [5, 5.41) is 12.9. The van der Waals surface area contributed by atoms with Crippen LogP contribution in [0.5, 0.6) is 0 Å². The van der Waals surface area contributed by atoms with E-state index < -0.39 is 0 Å². The highest BCUT2D eigenvalue weighted by Crippen LogP contribution is 2.21. The molecule has 0 amide bonds. The van der Waals surface area contributed by atoms with Crippen molar-refractivity contribution in [1.29, 1.82) is 5.26 Å². The van der Waals surface area contributed by atoms with Crippen molar-refractivity contribution in [3.63, 3.8) is 0 Å². The van der Waals surface area contributed by atoms with E-state index >= 15 is 0 Å². The summed E-state index contributed by atoms with van der Waals surface area (Å²) >= 11 is 6.24. The lowest BCUT2D eigenvalue weighted by Crippen LogP contribution is -2.20. The number of nitrogens with one attached hydrogen (secondary N) is 1. The molecule has 104 valence electrons.